The summed E-state index contributed by atoms with van der Waals surface area (Å²) in [4.78, 5) is 39.1. The number of hydrogen-bond acceptors (Lipinski definition) is 5. The standard InChI is InChI=1S/C27H30N2O6/c1-16-13-29(15-27(16,2)25(31)32)24(30)23-22(11-12-34-23)28-26(33)35-14-21-19-9-5-3-7-17(19)18-8-4-6-10-20(18)21/h3-10,16,21-23H,11-15H2,1-2H3,(H,28,33)(H,31,32)/t16-,22?,23?,27-/m0/s1. The largest absolute Gasteiger partial charge is 0.481 e. The van der Waals surface area contributed by atoms with Crippen molar-refractivity contribution in [3.8, 4) is 11.1 Å². The van der Waals surface area contributed by atoms with Crippen molar-refractivity contribution >= 4 is 18.0 Å². The molecule has 2 unspecified atom stereocenters. The number of hydrogen-bond donors (Lipinski definition) is 2. The third-order valence-electron chi connectivity index (χ3n) is 7.88. The summed E-state index contributed by atoms with van der Waals surface area (Å²) in [7, 11) is 0. The molecule has 2 saturated heterocycles. The Bertz CT molecular complexity index is 1120. The van der Waals surface area contributed by atoms with Crippen molar-refractivity contribution in [2.75, 3.05) is 26.3 Å². The maximum Gasteiger partial charge on any atom is 0.407 e. The van der Waals surface area contributed by atoms with Gasteiger partial charge in [0.15, 0.2) is 6.10 Å². The minimum atomic E-state index is -0.996. The lowest BCUT2D eigenvalue weighted by atomic mass is 9.81. The second-order valence-corrected chi connectivity index (χ2v) is 10.00. The molecule has 1 aliphatic carbocycles. The van der Waals surface area contributed by atoms with Crippen molar-refractivity contribution in [3.63, 3.8) is 0 Å². The van der Waals surface area contributed by atoms with Gasteiger partial charge in [0.25, 0.3) is 5.91 Å². The van der Waals surface area contributed by atoms with Crippen molar-refractivity contribution < 1.29 is 29.0 Å². The summed E-state index contributed by atoms with van der Waals surface area (Å²) >= 11 is 0. The summed E-state index contributed by atoms with van der Waals surface area (Å²) in [5, 5.41) is 12.4. The average Bonchev–Trinajstić information content (AvgIpc) is 3.52. The van der Waals surface area contributed by atoms with Crippen LogP contribution in [0.4, 0.5) is 4.79 Å². The molecule has 8 heteroatoms. The molecule has 0 saturated carbocycles. The van der Waals surface area contributed by atoms with E-state index in [9.17, 15) is 19.5 Å². The van der Waals surface area contributed by atoms with Crippen LogP contribution in [0.1, 0.15) is 37.3 Å². The van der Waals surface area contributed by atoms with Gasteiger partial charge in [-0.15, -0.1) is 0 Å². The van der Waals surface area contributed by atoms with Crippen LogP contribution < -0.4 is 5.32 Å². The van der Waals surface area contributed by atoms with Crippen LogP contribution in [-0.2, 0) is 19.1 Å². The number of alkyl carbamates (subject to hydrolysis) is 1. The number of carboxylic acid groups (broad SMARTS) is 1. The predicted octanol–water partition coefficient (Wildman–Crippen LogP) is 3.25. The number of nitrogens with one attached hydrogen (secondary N) is 1. The summed E-state index contributed by atoms with van der Waals surface area (Å²) in [6.07, 6.45) is -0.954. The van der Waals surface area contributed by atoms with E-state index in [0.717, 1.165) is 22.3 Å². The molecule has 2 aliphatic heterocycles. The minimum absolute atomic E-state index is 0.0507. The van der Waals surface area contributed by atoms with Crippen molar-refractivity contribution in [3.05, 3.63) is 59.7 Å². The smallest absolute Gasteiger partial charge is 0.407 e. The lowest BCUT2D eigenvalue weighted by Gasteiger charge is -2.26. The lowest BCUT2D eigenvalue weighted by Crippen LogP contribution is -2.49. The summed E-state index contributed by atoms with van der Waals surface area (Å²) in [6.45, 7) is 4.49. The zero-order valence-electron chi connectivity index (χ0n) is 19.9. The highest BCUT2D eigenvalue weighted by Crippen LogP contribution is 2.44. The van der Waals surface area contributed by atoms with Crippen molar-refractivity contribution in [1.29, 1.82) is 0 Å². The maximum atomic E-state index is 13.2. The molecular formula is C27H30N2O6. The van der Waals surface area contributed by atoms with E-state index in [1.165, 1.54) is 0 Å². The van der Waals surface area contributed by atoms with Crippen LogP contribution in [0.5, 0.6) is 0 Å². The number of aliphatic carboxylic acids is 1. The normalized spacial score (nSPS) is 27.4. The van der Waals surface area contributed by atoms with Gasteiger partial charge in [-0.2, -0.15) is 0 Å². The Morgan fingerprint density at radius 3 is 2.34 bits per heavy atom. The van der Waals surface area contributed by atoms with Gasteiger partial charge < -0.3 is 24.8 Å². The first-order valence-corrected chi connectivity index (χ1v) is 12.0. The Labute approximate surface area is 204 Å². The molecule has 2 N–H and O–H groups in total. The fraction of sp³-hybridized carbons (Fsp3) is 0.444. The second-order valence-electron chi connectivity index (χ2n) is 10.00. The molecule has 0 bridgehead atoms. The highest BCUT2D eigenvalue weighted by Gasteiger charge is 2.50. The molecule has 5 rings (SSSR count). The van der Waals surface area contributed by atoms with Crippen LogP contribution in [-0.4, -0.2) is 66.4 Å². The van der Waals surface area contributed by atoms with Crippen LogP contribution >= 0.6 is 0 Å². The second kappa shape index (κ2) is 9.00. The molecule has 0 spiro atoms. The van der Waals surface area contributed by atoms with Crippen LogP contribution in [0, 0.1) is 11.3 Å². The van der Waals surface area contributed by atoms with Gasteiger partial charge in [-0.3, -0.25) is 9.59 Å². The quantitative estimate of drug-likeness (QED) is 0.684. The van der Waals surface area contributed by atoms with Crippen LogP contribution in [0.3, 0.4) is 0 Å². The molecule has 0 radical (unpaired) electrons. The van der Waals surface area contributed by atoms with Crippen molar-refractivity contribution in [2.24, 2.45) is 11.3 Å². The summed E-state index contributed by atoms with van der Waals surface area (Å²) in [5.74, 6) is -1.44. The Morgan fingerprint density at radius 2 is 1.74 bits per heavy atom. The molecule has 2 amide bonds. The van der Waals surface area contributed by atoms with Gasteiger partial charge in [0.05, 0.1) is 11.5 Å². The van der Waals surface area contributed by atoms with E-state index in [0.29, 0.717) is 19.6 Å². The molecule has 2 aromatic carbocycles. The van der Waals surface area contributed by atoms with Gasteiger partial charge in [-0.25, -0.2) is 4.79 Å². The first-order valence-electron chi connectivity index (χ1n) is 12.0. The van der Waals surface area contributed by atoms with Gasteiger partial charge in [0, 0.05) is 25.6 Å². The maximum absolute atomic E-state index is 13.2. The monoisotopic (exact) mass is 478 g/mol. The average molecular weight is 479 g/mol. The molecule has 2 fully saturated rings. The minimum Gasteiger partial charge on any atom is -0.481 e. The van der Waals surface area contributed by atoms with Gasteiger partial charge in [-0.1, -0.05) is 55.5 Å². The zero-order valence-corrected chi connectivity index (χ0v) is 19.9. The number of likely N-dealkylation sites (tertiary alicyclic amines) is 1. The SMILES string of the molecule is C[C@H]1CN(C(=O)C2OCCC2NC(=O)OCC2c3ccccc3-c3ccccc32)C[C@]1(C)C(=O)O. The number of fused-ring (bicyclic) bond motifs is 3. The van der Waals surface area contributed by atoms with Crippen molar-refractivity contribution in [2.45, 2.75) is 38.3 Å². The highest BCUT2D eigenvalue weighted by atomic mass is 16.6. The summed E-state index contributed by atoms with van der Waals surface area (Å²) in [5.41, 5.74) is 3.57. The lowest BCUT2D eigenvalue weighted by molar-refractivity contribution is -0.149. The fourth-order valence-electron chi connectivity index (χ4n) is 5.55. The number of rotatable bonds is 5. The van der Waals surface area contributed by atoms with E-state index in [1.54, 1.807) is 11.8 Å². The van der Waals surface area contributed by atoms with Crippen LogP contribution in [0.15, 0.2) is 48.5 Å². The van der Waals surface area contributed by atoms with E-state index in [4.69, 9.17) is 9.47 Å². The Hall–Kier alpha value is -3.39. The van der Waals surface area contributed by atoms with E-state index < -0.39 is 29.6 Å². The number of carbonyl (C=O) groups excluding carboxylic acids is 2. The summed E-state index contributed by atoms with van der Waals surface area (Å²) in [6, 6.07) is 15.7. The first-order chi connectivity index (χ1) is 16.8. The van der Waals surface area contributed by atoms with Crippen molar-refractivity contribution in [1.82, 2.24) is 10.2 Å². The molecule has 8 nitrogen and oxygen atoms in total. The van der Waals surface area contributed by atoms with Gasteiger partial charge in [-0.05, 0) is 41.5 Å². The number of carbonyl (C=O) groups is 3. The third-order valence-corrected chi connectivity index (χ3v) is 7.88. The van der Waals surface area contributed by atoms with Gasteiger partial charge in [0.1, 0.15) is 6.61 Å². The zero-order chi connectivity index (χ0) is 24.7. The Balaban J connectivity index is 1.21. The fourth-order valence-corrected chi connectivity index (χ4v) is 5.55. The number of ether oxygens (including phenoxy) is 2. The molecule has 2 aromatic rings. The predicted molar refractivity (Wildman–Crippen MR) is 128 cm³/mol. The first kappa shape index (κ1) is 23.4. The van der Waals surface area contributed by atoms with E-state index in [2.05, 4.69) is 29.6 Å². The van der Waals surface area contributed by atoms with Gasteiger partial charge in [0.2, 0.25) is 0 Å². The Kier molecular flexibility index (Phi) is 6.01. The molecule has 35 heavy (non-hydrogen) atoms. The van der Waals surface area contributed by atoms with E-state index >= 15 is 0 Å². The number of amides is 2. The van der Waals surface area contributed by atoms with Crippen LogP contribution in [0.2, 0.25) is 0 Å². The topological polar surface area (TPSA) is 105 Å². The van der Waals surface area contributed by atoms with E-state index in [1.807, 2.05) is 31.2 Å². The third kappa shape index (κ3) is 4.05. The number of carboxylic acids is 1. The molecular weight excluding hydrogens is 448 g/mol. The number of nitrogens with zero attached hydrogens (tertiary/aromatic N) is 1. The molecule has 184 valence electrons. The van der Waals surface area contributed by atoms with Crippen LogP contribution in [0.25, 0.3) is 11.1 Å². The summed E-state index contributed by atoms with van der Waals surface area (Å²) < 4.78 is 11.3. The van der Waals surface area contributed by atoms with E-state index in [-0.39, 0.29) is 30.9 Å². The highest BCUT2D eigenvalue weighted by molar-refractivity contribution is 5.85. The molecule has 3 aliphatic rings. The molecule has 4 atom stereocenters. The van der Waals surface area contributed by atoms with Gasteiger partial charge >= 0.3 is 12.1 Å². The molecule has 0 aromatic heterocycles. The molecule has 2 heterocycles. The number of benzene rings is 2. The Morgan fingerprint density at radius 1 is 1.11 bits per heavy atom.